The molecular weight excluding hydrogens is 324 g/mol. The molecule has 120 valence electrons. The van der Waals surface area contributed by atoms with Crippen LogP contribution in [0.2, 0.25) is 0 Å². The van der Waals surface area contributed by atoms with Gasteiger partial charge in [0.1, 0.15) is 0 Å². The third kappa shape index (κ3) is 3.13. The number of hydrogen-bond acceptors (Lipinski definition) is 7. The van der Waals surface area contributed by atoms with Crippen LogP contribution in [-0.4, -0.2) is 29.8 Å². The largest absolute Gasteiger partial charge is 0.424 e. The van der Waals surface area contributed by atoms with Gasteiger partial charge in [0.2, 0.25) is 16.9 Å². The number of benzene rings is 1. The summed E-state index contributed by atoms with van der Waals surface area (Å²) in [6.07, 6.45) is 4.14. The Bertz CT molecular complexity index is 946. The molecule has 4 rings (SSSR count). The van der Waals surface area contributed by atoms with Crippen LogP contribution in [0, 0.1) is 6.92 Å². The maximum absolute atomic E-state index is 5.72. The van der Waals surface area contributed by atoms with Crippen LogP contribution >= 0.6 is 11.8 Å². The molecule has 3 heterocycles. The van der Waals surface area contributed by atoms with Crippen LogP contribution in [0.25, 0.3) is 5.78 Å². The second-order valence-corrected chi connectivity index (χ2v) is 6.18. The first kappa shape index (κ1) is 14.8. The highest BCUT2D eigenvalue weighted by molar-refractivity contribution is 7.98. The molecule has 0 aliphatic carbocycles. The number of fused-ring (bicyclic) bond motifs is 1. The summed E-state index contributed by atoms with van der Waals surface area (Å²) >= 11 is 1.44. The van der Waals surface area contributed by atoms with E-state index in [-0.39, 0.29) is 0 Å². The first-order valence-corrected chi connectivity index (χ1v) is 8.42. The molecule has 0 saturated carbocycles. The Morgan fingerprint density at radius 1 is 1.12 bits per heavy atom. The van der Waals surface area contributed by atoms with Crippen molar-refractivity contribution in [3.05, 3.63) is 65.6 Å². The minimum absolute atomic E-state index is 0.525. The van der Waals surface area contributed by atoms with Crippen molar-refractivity contribution >= 4 is 17.5 Å². The van der Waals surface area contributed by atoms with Crippen molar-refractivity contribution in [3.63, 3.8) is 0 Å². The topological polar surface area (TPSA) is 82.0 Å². The fraction of sp³-hybridized carbons (Fsp3) is 0.188. The predicted molar refractivity (Wildman–Crippen MR) is 88.6 cm³/mol. The molecule has 0 saturated heterocycles. The van der Waals surface area contributed by atoms with Gasteiger partial charge in [-0.05, 0) is 24.1 Å². The summed E-state index contributed by atoms with van der Waals surface area (Å²) in [4.78, 5) is 8.47. The molecule has 24 heavy (non-hydrogen) atoms. The lowest BCUT2D eigenvalue weighted by Crippen LogP contribution is -1.91. The number of aryl methyl sites for hydroxylation is 1. The van der Waals surface area contributed by atoms with Crippen molar-refractivity contribution in [2.45, 2.75) is 24.3 Å². The monoisotopic (exact) mass is 338 g/mol. The summed E-state index contributed by atoms with van der Waals surface area (Å²) in [5.41, 5.74) is 2.40. The molecule has 0 aliphatic heterocycles. The van der Waals surface area contributed by atoms with E-state index >= 15 is 0 Å². The third-order valence-corrected chi connectivity index (χ3v) is 4.36. The van der Waals surface area contributed by atoms with Crippen molar-refractivity contribution in [2.24, 2.45) is 0 Å². The number of nitrogens with zero attached hydrogens (tertiary/aromatic N) is 6. The highest BCUT2D eigenvalue weighted by Gasteiger charge is 2.11. The SMILES string of the molecule is Cc1ccccc1Cc1nnc(CSc2nc3ncccn3n2)o1. The van der Waals surface area contributed by atoms with E-state index in [9.17, 15) is 0 Å². The van der Waals surface area contributed by atoms with Crippen LogP contribution in [0.3, 0.4) is 0 Å². The fourth-order valence-corrected chi connectivity index (χ4v) is 2.95. The number of thioether (sulfide) groups is 1. The molecule has 0 aliphatic rings. The molecule has 3 aromatic heterocycles. The van der Waals surface area contributed by atoms with Gasteiger partial charge in [0.15, 0.2) is 0 Å². The van der Waals surface area contributed by atoms with Crippen molar-refractivity contribution in [1.29, 1.82) is 0 Å². The molecule has 0 radical (unpaired) electrons. The highest BCUT2D eigenvalue weighted by atomic mass is 32.2. The van der Waals surface area contributed by atoms with Crippen molar-refractivity contribution in [3.8, 4) is 0 Å². The molecule has 4 aromatic rings. The average molecular weight is 338 g/mol. The van der Waals surface area contributed by atoms with Gasteiger partial charge in [-0.25, -0.2) is 9.50 Å². The molecule has 0 unspecified atom stereocenters. The van der Waals surface area contributed by atoms with Gasteiger partial charge in [-0.3, -0.25) is 0 Å². The standard InChI is InChI=1S/C16H14N6OS/c1-11-5-2-3-6-12(11)9-13-19-20-14(23-13)10-24-16-18-15-17-7-4-8-22(15)21-16/h2-8H,9-10H2,1H3. The van der Waals surface area contributed by atoms with E-state index in [2.05, 4.69) is 44.3 Å². The Morgan fingerprint density at radius 2 is 2.00 bits per heavy atom. The Morgan fingerprint density at radius 3 is 2.88 bits per heavy atom. The molecular formula is C16H14N6OS. The summed E-state index contributed by atoms with van der Waals surface area (Å²) in [5.74, 6) is 2.28. The molecule has 0 bridgehead atoms. The number of aromatic nitrogens is 6. The predicted octanol–water partition coefficient (Wildman–Crippen LogP) is 2.70. The lowest BCUT2D eigenvalue weighted by Gasteiger charge is -2.00. The Kier molecular flexibility index (Phi) is 3.96. The van der Waals surface area contributed by atoms with Crippen LogP contribution < -0.4 is 0 Å². The van der Waals surface area contributed by atoms with Crippen LogP contribution in [0.4, 0.5) is 0 Å². The Hall–Kier alpha value is -2.74. The summed E-state index contributed by atoms with van der Waals surface area (Å²) in [7, 11) is 0. The Labute approximate surface area is 142 Å². The van der Waals surface area contributed by atoms with E-state index in [4.69, 9.17) is 4.42 Å². The van der Waals surface area contributed by atoms with E-state index in [1.54, 1.807) is 10.7 Å². The number of hydrogen-bond donors (Lipinski definition) is 0. The van der Waals surface area contributed by atoms with Gasteiger partial charge < -0.3 is 4.42 Å². The maximum atomic E-state index is 5.72. The van der Waals surface area contributed by atoms with Crippen molar-refractivity contribution < 1.29 is 4.42 Å². The zero-order valence-electron chi connectivity index (χ0n) is 13.0. The quantitative estimate of drug-likeness (QED) is 0.517. The minimum atomic E-state index is 0.525. The van der Waals surface area contributed by atoms with Crippen molar-refractivity contribution in [1.82, 2.24) is 29.8 Å². The highest BCUT2D eigenvalue weighted by Crippen LogP contribution is 2.20. The van der Waals surface area contributed by atoms with Crippen LogP contribution in [0.5, 0.6) is 0 Å². The first-order valence-electron chi connectivity index (χ1n) is 7.44. The third-order valence-electron chi connectivity index (χ3n) is 3.53. The fourth-order valence-electron chi connectivity index (χ4n) is 2.29. The molecule has 7 nitrogen and oxygen atoms in total. The molecule has 0 N–H and O–H groups in total. The van der Waals surface area contributed by atoms with E-state index in [0.29, 0.717) is 34.9 Å². The zero-order chi connectivity index (χ0) is 16.4. The van der Waals surface area contributed by atoms with Crippen molar-refractivity contribution in [2.75, 3.05) is 0 Å². The van der Waals surface area contributed by atoms with Crippen LogP contribution in [0.15, 0.2) is 52.3 Å². The minimum Gasteiger partial charge on any atom is -0.424 e. The molecule has 0 spiro atoms. The van der Waals surface area contributed by atoms with Gasteiger partial charge in [-0.2, -0.15) is 4.98 Å². The van der Waals surface area contributed by atoms with Gasteiger partial charge >= 0.3 is 0 Å². The number of rotatable bonds is 5. The normalized spacial score (nSPS) is 11.2. The lowest BCUT2D eigenvalue weighted by molar-refractivity contribution is 0.473. The van der Waals surface area contributed by atoms with Gasteiger partial charge in [-0.1, -0.05) is 36.0 Å². The first-order chi connectivity index (χ1) is 11.8. The molecule has 0 fully saturated rings. The van der Waals surface area contributed by atoms with E-state index in [0.717, 1.165) is 0 Å². The van der Waals surface area contributed by atoms with Gasteiger partial charge in [0.05, 0.1) is 12.2 Å². The van der Waals surface area contributed by atoms with Gasteiger partial charge in [0.25, 0.3) is 5.78 Å². The second kappa shape index (κ2) is 6.40. The van der Waals surface area contributed by atoms with Gasteiger partial charge in [0, 0.05) is 12.4 Å². The van der Waals surface area contributed by atoms with Crippen LogP contribution in [0.1, 0.15) is 22.9 Å². The van der Waals surface area contributed by atoms with Gasteiger partial charge in [-0.15, -0.1) is 15.3 Å². The van der Waals surface area contributed by atoms with E-state index in [1.165, 1.54) is 22.9 Å². The smallest absolute Gasteiger partial charge is 0.253 e. The molecule has 0 atom stereocenters. The molecule has 1 aromatic carbocycles. The van der Waals surface area contributed by atoms with Crippen LogP contribution in [-0.2, 0) is 12.2 Å². The average Bonchev–Trinajstić information content (AvgIpc) is 3.21. The summed E-state index contributed by atoms with van der Waals surface area (Å²) in [5, 5.41) is 13.2. The maximum Gasteiger partial charge on any atom is 0.253 e. The summed E-state index contributed by atoms with van der Waals surface area (Å²) < 4.78 is 7.36. The Balaban J connectivity index is 1.42. The molecule has 0 amide bonds. The zero-order valence-corrected chi connectivity index (χ0v) is 13.8. The lowest BCUT2D eigenvalue weighted by atomic mass is 10.1. The molecule has 8 heteroatoms. The van der Waals surface area contributed by atoms with E-state index < -0.39 is 0 Å². The van der Waals surface area contributed by atoms with E-state index in [1.807, 2.05) is 24.4 Å². The second-order valence-electron chi connectivity index (χ2n) is 5.24. The summed E-state index contributed by atoms with van der Waals surface area (Å²) in [6.45, 7) is 2.07. The summed E-state index contributed by atoms with van der Waals surface area (Å²) in [6, 6.07) is 9.99.